The molecular weight excluding hydrogens is 361 g/mol. The fraction of sp³-hybridized carbons (Fsp3) is 0.357. The summed E-state index contributed by atoms with van der Waals surface area (Å²) in [5, 5.41) is 2.56. The van der Waals surface area contributed by atoms with Crippen LogP contribution in [0.5, 0.6) is 0 Å². The highest BCUT2D eigenvalue weighted by Gasteiger charge is 2.31. The summed E-state index contributed by atoms with van der Waals surface area (Å²) < 4.78 is 43.3. The van der Waals surface area contributed by atoms with Gasteiger partial charge in [0.2, 0.25) is 0 Å². The van der Waals surface area contributed by atoms with Gasteiger partial charge in [-0.15, -0.1) is 0 Å². The molecule has 1 saturated heterocycles. The van der Waals surface area contributed by atoms with Crippen LogP contribution in [0.4, 0.5) is 36.3 Å². The van der Waals surface area contributed by atoms with Gasteiger partial charge >= 0.3 is 6.18 Å². The van der Waals surface area contributed by atoms with Crippen molar-refractivity contribution in [2.75, 3.05) is 42.3 Å². The molecule has 0 aromatic carbocycles. The van der Waals surface area contributed by atoms with Crippen LogP contribution < -0.4 is 16.0 Å². The Morgan fingerprint density at radius 2 is 1.88 bits per heavy atom. The van der Waals surface area contributed by atoms with E-state index in [9.17, 15) is 13.2 Å². The standard InChI is InChI=1S/C14H14ClF3N6O/c15-9-5-8(14(16,17)18)6-20-11(9)23-12-10(19)13(22-7-21-12)24-1-3-25-4-2-24/h5-7H,1-4,19H2,(H,20,21,22,23). The summed E-state index contributed by atoms with van der Waals surface area (Å²) in [4.78, 5) is 13.8. The molecule has 0 radical (unpaired) electrons. The molecule has 11 heteroatoms. The molecule has 0 atom stereocenters. The number of halogens is 4. The highest BCUT2D eigenvalue weighted by molar-refractivity contribution is 6.33. The first-order chi connectivity index (χ1) is 11.9. The lowest BCUT2D eigenvalue weighted by Gasteiger charge is -2.28. The molecule has 0 saturated carbocycles. The fourth-order valence-corrected chi connectivity index (χ4v) is 2.52. The molecule has 2 aromatic heterocycles. The van der Waals surface area contributed by atoms with Gasteiger partial charge in [-0.1, -0.05) is 11.6 Å². The number of hydrogen-bond donors (Lipinski definition) is 2. The number of nitrogens with one attached hydrogen (secondary N) is 1. The third-order valence-electron chi connectivity index (χ3n) is 3.58. The minimum atomic E-state index is -4.52. The van der Waals surface area contributed by atoms with Gasteiger partial charge in [-0.3, -0.25) is 0 Å². The molecule has 1 aliphatic rings. The topological polar surface area (TPSA) is 89.2 Å². The number of anilines is 4. The molecule has 0 amide bonds. The number of hydrogen-bond acceptors (Lipinski definition) is 7. The average molecular weight is 375 g/mol. The molecule has 2 aromatic rings. The van der Waals surface area contributed by atoms with Gasteiger partial charge in [0.25, 0.3) is 0 Å². The lowest BCUT2D eigenvalue weighted by molar-refractivity contribution is -0.137. The SMILES string of the molecule is Nc1c(Nc2ncc(C(F)(F)F)cc2Cl)ncnc1N1CCOCC1. The molecule has 7 nitrogen and oxygen atoms in total. The van der Waals surface area contributed by atoms with Crippen LogP contribution in [0.15, 0.2) is 18.6 Å². The molecule has 0 aliphatic carbocycles. The first-order valence-electron chi connectivity index (χ1n) is 7.29. The van der Waals surface area contributed by atoms with Gasteiger partial charge in [0.15, 0.2) is 11.6 Å². The average Bonchev–Trinajstić information content (AvgIpc) is 2.58. The number of nitrogen functional groups attached to an aromatic ring is 1. The van der Waals surface area contributed by atoms with Crippen molar-refractivity contribution < 1.29 is 17.9 Å². The number of ether oxygens (including phenoxy) is 1. The predicted octanol–water partition coefficient (Wildman–Crippen LogP) is 2.71. The molecule has 25 heavy (non-hydrogen) atoms. The Morgan fingerprint density at radius 3 is 2.52 bits per heavy atom. The molecular formula is C14H14ClF3N6O. The van der Waals surface area contributed by atoms with Gasteiger partial charge in [0.05, 0.1) is 23.8 Å². The highest BCUT2D eigenvalue weighted by Crippen LogP contribution is 2.34. The van der Waals surface area contributed by atoms with E-state index in [1.165, 1.54) is 6.33 Å². The van der Waals surface area contributed by atoms with E-state index in [0.29, 0.717) is 38.3 Å². The maximum atomic E-state index is 12.7. The second-order valence-electron chi connectivity index (χ2n) is 5.24. The van der Waals surface area contributed by atoms with Crippen molar-refractivity contribution in [2.24, 2.45) is 0 Å². The van der Waals surface area contributed by atoms with Crippen molar-refractivity contribution in [1.82, 2.24) is 15.0 Å². The van der Waals surface area contributed by atoms with Crippen molar-refractivity contribution in [3.8, 4) is 0 Å². The summed E-state index contributed by atoms with van der Waals surface area (Å²) >= 11 is 5.89. The lowest BCUT2D eigenvalue weighted by atomic mass is 10.2. The van der Waals surface area contributed by atoms with Crippen LogP contribution >= 0.6 is 11.6 Å². The number of alkyl halides is 3. The fourth-order valence-electron chi connectivity index (χ4n) is 2.31. The Balaban J connectivity index is 1.86. The number of pyridine rings is 1. The predicted molar refractivity (Wildman–Crippen MR) is 87.0 cm³/mol. The summed E-state index contributed by atoms with van der Waals surface area (Å²) in [5.74, 6) is 0.752. The summed E-state index contributed by atoms with van der Waals surface area (Å²) in [6.07, 6.45) is -2.53. The van der Waals surface area contributed by atoms with Crippen molar-refractivity contribution >= 4 is 34.7 Å². The maximum absolute atomic E-state index is 12.7. The molecule has 0 unspecified atom stereocenters. The Bertz CT molecular complexity index is 767. The van der Waals surface area contributed by atoms with Crippen LogP contribution in [-0.2, 0) is 10.9 Å². The zero-order valence-corrected chi connectivity index (χ0v) is 13.6. The molecule has 0 bridgehead atoms. The van der Waals surface area contributed by atoms with E-state index in [2.05, 4.69) is 20.3 Å². The number of morpholine rings is 1. The van der Waals surface area contributed by atoms with Crippen molar-refractivity contribution in [3.63, 3.8) is 0 Å². The first kappa shape index (κ1) is 17.5. The Kier molecular flexibility index (Phi) is 4.82. The van der Waals surface area contributed by atoms with E-state index in [-0.39, 0.29) is 22.3 Å². The third-order valence-corrected chi connectivity index (χ3v) is 3.87. The van der Waals surface area contributed by atoms with Gasteiger partial charge in [0, 0.05) is 19.3 Å². The quantitative estimate of drug-likeness (QED) is 0.853. The minimum absolute atomic E-state index is 0.0213. The van der Waals surface area contributed by atoms with Crippen LogP contribution in [0.2, 0.25) is 5.02 Å². The molecule has 1 aliphatic heterocycles. The summed E-state index contributed by atoms with van der Waals surface area (Å²) in [5.41, 5.74) is 5.41. The van der Waals surface area contributed by atoms with Crippen molar-refractivity contribution in [3.05, 3.63) is 29.2 Å². The molecule has 134 valence electrons. The number of rotatable bonds is 3. The Morgan fingerprint density at radius 1 is 1.16 bits per heavy atom. The second-order valence-corrected chi connectivity index (χ2v) is 5.64. The summed E-state index contributed by atoms with van der Waals surface area (Å²) in [6.45, 7) is 2.36. The molecule has 3 rings (SSSR count). The van der Waals surface area contributed by atoms with Crippen LogP contribution in [0, 0.1) is 0 Å². The summed E-state index contributed by atoms with van der Waals surface area (Å²) in [7, 11) is 0. The normalized spacial score (nSPS) is 15.3. The largest absolute Gasteiger partial charge is 0.417 e. The molecule has 3 N–H and O–H groups in total. The van der Waals surface area contributed by atoms with Gasteiger partial charge < -0.3 is 20.7 Å². The first-order valence-corrected chi connectivity index (χ1v) is 7.67. The smallest absolute Gasteiger partial charge is 0.393 e. The molecule has 1 fully saturated rings. The van der Waals surface area contributed by atoms with E-state index in [4.69, 9.17) is 22.1 Å². The third kappa shape index (κ3) is 3.85. The van der Waals surface area contributed by atoms with Crippen LogP contribution in [0.3, 0.4) is 0 Å². The van der Waals surface area contributed by atoms with Crippen LogP contribution in [-0.4, -0.2) is 41.3 Å². The number of nitrogens with zero attached hydrogens (tertiary/aromatic N) is 4. The van der Waals surface area contributed by atoms with E-state index >= 15 is 0 Å². The minimum Gasteiger partial charge on any atom is -0.393 e. The zero-order valence-electron chi connectivity index (χ0n) is 12.8. The van der Waals surface area contributed by atoms with E-state index in [1.807, 2.05) is 4.90 Å². The highest BCUT2D eigenvalue weighted by atomic mass is 35.5. The molecule has 0 spiro atoms. The van der Waals surface area contributed by atoms with Crippen LogP contribution in [0.1, 0.15) is 5.56 Å². The van der Waals surface area contributed by atoms with Gasteiger partial charge in [-0.2, -0.15) is 13.2 Å². The number of nitrogens with two attached hydrogens (primary N) is 1. The van der Waals surface area contributed by atoms with E-state index < -0.39 is 11.7 Å². The van der Waals surface area contributed by atoms with E-state index in [1.54, 1.807) is 0 Å². The van der Waals surface area contributed by atoms with Gasteiger partial charge in [-0.05, 0) is 6.07 Å². The van der Waals surface area contributed by atoms with Crippen molar-refractivity contribution in [2.45, 2.75) is 6.18 Å². The Hall–Kier alpha value is -2.33. The lowest BCUT2D eigenvalue weighted by Crippen LogP contribution is -2.37. The van der Waals surface area contributed by atoms with Gasteiger partial charge in [-0.25, -0.2) is 15.0 Å². The second kappa shape index (κ2) is 6.89. The van der Waals surface area contributed by atoms with Crippen molar-refractivity contribution in [1.29, 1.82) is 0 Å². The van der Waals surface area contributed by atoms with E-state index in [0.717, 1.165) is 6.07 Å². The monoisotopic (exact) mass is 374 g/mol. The van der Waals surface area contributed by atoms with Crippen LogP contribution in [0.25, 0.3) is 0 Å². The Labute approximate surface area is 146 Å². The summed E-state index contributed by atoms with van der Waals surface area (Å²) in [6, 6.07) is 0.789. The zero-order chi connectivity index (χ0) is 18.0. The number of aromatic nitrogens is 3. The maximum Gasteiger partial charge on any atom is 0.417 e. The molecule has 3 heterocycles. The van der Waals surface area contributed by atoms with Gasteiger partial charge in [0.1, 0.15) is 17.8 Å².